The molecule has 1 aliphatic heterocycles. The fraction of sp³-hybridized carbons (Fsp3) is 0.400. The van der Waals surface area contributed by atoms with Gasteiger partial charge in [-0.25, -0.2) is 13.8 Å². The Balaban J connectivity index is 1.95. The van der Waals surface area contributed by atoms with Crippen LogP contribution in [-0.4, -0.2) is 27.5 Å². The van der Waals surface area contributed by atoms with Crippen LogP contribution in [0.5, 0.6) is 0 Å². The number of halogens is 2. The number of hydrogen-bond donors (Lipinski definition) is 0. The summed E-state index contributed by atoms with van der Waals surface area (Å²) in [4.78, 5) is 17.7. The van der Waals surface area contributed by atoms with E-state index in [0.717, 1.165) is 30.3 Å². The van der Waals surface area contributed by atoms with E-state index in [1.807, 2.05) is 6.92 Å². The zero-order valence-corrected chi connectivity index (χ0v) is 12.3. The number of likely N-dealkylation sites (tertiary alicyclic amines) is 1. The zero-order chi connectivity index (χ0) is 15.9. The molecular formula is C15H15F2N3O2. The van der Waals surface area contributed by atoms with Crippen LogP contribution in [0.3, 0.4) is 0 Å². The first-order valence-corrected chi connectivity index (χ1v) is 7.04. The van der Waals surface area contributed by atoms with Crippen molar-refractivity contribution in [1.82, 2.24) is 15.0 Å². The number of nitrogens with zero attached hydrogens (tertiary/aromatic N) is 3. The predicted octanol–water partition coefficient (Wildman–Crippen LogP) is 2.94. The summed E-state index contributed by atoms with van der Waals surface area (Å²) in [7, 11) is 0. The molecule has 0 aliphatic carbocycles. The second-order valence-electron chi connectivity index (χ2n) is 5.38. The van der Waals surface area contributed by atoms with Gasteiger partial charge in [0.1, 0.15) is 11.6 Å². The van der Waals surface area contributed by atoms with E-state index in [4.69, 9.17) is 4.52 Å². The molecule has 5 nitrogen and oxygen atoms in total. The molecule has 1 fully saturated rings. The van der Waals surface area contributed by atoms with Gasteiger partial charge in [0, 0.05) is 18.2 Å². The molecule has 116 valence electrons. The highest BCUT2D eigenvalue weighted by atomic mass is 19.1. The molecule has 1 aliphatic rings. The van der Waals surface area contributed by atoms with Gasteiger partial charge in [-0.2, -0.15) is 0 Å². The van der Waals surface area contributed by atoms with Crippen LogP contribution in [0.15, 0.2) is 16.8 Å². The highest BCUT2D eigenvalue weighted by Crippen LogP contribution is 2.36. The summed E-state index contributed by atoms with van der Waals surface area (Å²) in [6, 6.07) is 0.450. The maximum Gasteiger partial charge on any atom is 0.276 e. The maximum absolute atomic E-state index is 13.8. The summed E-state index contributed by atoms with van der Waals surface area (Å²) in [5.41, 5.74) is 1.21. The van der Waals surface area contributed by atoms with Crippen molar-refractivity contribution in [2.24, 2.45) is 0 Å². The van der Waals surface area contributed by atoms with Crippen LogP contribution in [0.2, 0.25) is 0 Å². The van der Waals surface area contributed by atoms with Crippen molar-refractivity contribution in [3.63, 3.8) is 0 Å². The number of amides is 1. The Bertz CT molecular complexity index is 710. The van der Waals surface area contributed by atoms with E-state index < -0.39 is 17.5 Å². The van der Waals surface area contributed by atoms with E-state index in [-0.39, 0.29) is 11.7 Å². The molecule has 1 unspecified atom stereocenters. The molecular weight excluding hydrogens is 292 g/mol. The monoisotopic (exact) mass is 307 g/mol. The van der Waals surface area contributed by atoms with E-state index in [2.05, 4.69) is 10.1 Å². The van der Waals surface area contributed by atoms with Crippen molar-refractivity contribution >= 4 is 5.91 Å². The largest absolute Gasteiger partial charge is 0.361 e. The molecule has 1 amide bonds. The van der Waals surface area contributed by atoms with Crippen LogP contribution in [0, 0.1) is 25.5 Å². The average molecular weight is 307 g/mol. The number of carbonyl (C=O) groups excluding carboxylic acids is 1. The highest BCUT2D eigenvalue weighted by molar-refractivity contribution is 5.93. The van der Waals surface area contributed by atoms with E-state index >= 15 is 0 Å². The van der Waals surface area contributed by atoms with Gasteiger partial charge in [-0.3, -0.25) is 4.79 Å². The van der Waals surface area contributed by atoms with Crippen molar-refractivity contribution in [3.05, 3.63) is 46.6 Å². The van der Waals surface area contributed by atoms with Gasteiger partial charge in [0.05, 0.1) is 17.9 Å². The van der Waals surface area contributed by atoms with Crippen LogP contribution >= 0.6 is 0 Å². The molecule has 0 radical (unpaired) electrons. The van der Waals surface area contributed by atoms with E-state index in [9.17, 15) is 13.6 Å². The summed E-state index contributed by atoms with van der Waals surface area (Å²) in [6.07, 6.45) is 2.39. The number of rotatable bonds is 2. The standard InChI is InChI=1S/C15H15F2N3O2/c1-8-13(9(2)22-19-8)12-4-3-5-20(12)15(21)14-11(17)6-10(16)7-18-14/h6-7,12H,3-5H2,1-2H3. The normalized spacial score (nSPS) is 18.0. The minimum Gasteiger partial charge on any atom is -0.361 e. The summed E-state index contributed by atoms with van der Waals surface area (Å²) in [5.74, 6) is -1.65. The van der Waals surface area contributed by atoms with Gasteiger partial charge in [-0.05, 0) is 26.7 Å². The first kappa shape index (κ1) is 14.6. The zero-order valence-electron chi connectivity index (χ0n) is 12.3. The molecule has 0 aromatic carbocycles. The molecule has 2 aromatic rings. The Hall–Kier alpha value is -2.31. The fourth-order valence-corrected chi connectivity index (χ4v) is 2.98. The van der Waals surface area contributed by atoms with Gasteiger partial charge >= 0.3 is 0 Å². The predicted molar refractivity (Wildman–Crippen MR) is 73.1 cm³/mol. The Morgan fingerprint density at radius 2 is 2.18 bits per heavy atom. The van der Waals surface area contributed by atoms with Crippen LogP contribution < -0.4 is 0 Å². The lowest BCUT2D eigenvalue weighted by Gasteiger charge is -2.24. The molecule has 1 atom stereocenters. The summed E-state index contributed by atoms with van der Waals surface area (Å²) in [6.45, 7) is 4.09. The van der Waals surface area contributed by atoms with Crippen molar-refractivity contribution in [2.45, 2.75) is 32.7 Å². The molecule has 0 N–H and O–H groups in total. The molecule has 0 bridgehead atoms. The Morgan fingerprint density at radius 3 is 2.82 bits per heavy atom. The third-order valence-corrected chi connectivity index (χ3v) is 3.95. The second kappa shape index (κ2) is 5.47. The molecule has 1 saturated heterocycles. The number of carbonyl (C=O) groups is 1. The van der Waals surface area contributed by atoms with Crippen LogP contribution in [0.25, 0.3) is 0 Å². The smallest absolute Gasteiger partial charge is 0.276 e. The highest BCUT2D eigenvalue weighted by Gasteiger charge is 2.35. The van der Waals surface area contributed by atoms with Crippen molar-refractivity contribution in [3.8, 4) is 0 Å². The Kier molecular flexibility index (Phi) is 3.64. The lowest BCUT2D eigenvalue weighted by atomic mass is 10.0. The number of pyridine rings is 1. The van der Waals surface area contributed by atoms with E-state index in [0.29, 0.717) is 18.4 Å². The minimum absolute atomic E-state index is 0.218. The van der Waals surface area contributed by atoms with E-state index in [1.165, 1.54) is 0 Å². The van der Waals surface area contributed by atoms with Crippen molar-refractivity contribution in [2.75, 3.05) is 6.54 Å². The Morgan fingerprint density at radius 1 is 1.41 bits per heavy atom. The topological polar surface area (TPSA) is 59.2 Å². The van der Waals surface area contributed by atoms with Crippen LogP contribution in [-0.2, 0) is 0 Å². The quantitative estimate of drug-likeness (QED) is 0.856. The van der Waals surface area contributed by atoms with Gasteiger partial charge in [-0.15, -0.1) is 0 Å². The maximum atomic E-state index is 13.8. The lowest BCUT2D eigenvalue weighted by molar-refractivity contribution is 0.0723. The summed E-state index contributed by atoms with van der Waals surface area (Å²) >= 11 is 0. The third kappa shape index (κ3) is 2.36. The third-order valence-electron chi connectivity index (χ3n) is 3.95. The van der Waals surface area contributed by atoms with Crippen LogP contribution in [0.4, 0.5) is 8.78 Å². The molecule has 2 aromatic heterocycles. The first-order valence-electron chi connectivity index (χ1n) is 7.04. The van der Waals surface area contributed by atoms with Gasteiger partial charge in [0.15, 0.2) is 11.5 Å². The summed E-state index contributed by atoms with van der Waals surface area (Å²) < 4.78 is 31.9. The van der Waals surface area contributed by atoms with Crippen molar-refractivity contribution in [1.29, 1.82) is 0 Å². The molecule has 3 heterocycles. The van der Waals surface area contributed by atoms with Gasteiger partial charge in [0.25, 0.3) is 5.91 Å². The molecule has 22 heavy (non-hydrogen) atoms. The molecule has 7 heteroatoms. The van der Waals surface area contributed by atoms with Gasteiger partial charge in [-0.1, -0.05) is 5.16 Å². The fourth-order valence-electron chi connectivity index (χ4n) is 2.98. The number of hydrogen-bond acceptors (Lipinski definition) is 4. The number of aromatic nitrogens is 2. The number of aryl methyl sites for hydroxylation is 2. The SMILES string of the molecule is Cc1noc(C)c1C1CCCN1C(=O)c1ncc(F)cc1F. The molecule has 3 rings (SSSR count). The first-order chi connectivity index (χ1) is 10.5. The van der Waals surface area contributed by atoms with Crippen molar-refractivity contribution < 1.29 is 18.1 Å². The van der Waals surface area contributed by atoms with E-state index in [1.54, 1.807) is 11.8 Å². The van der Waals surface area contributed by atoms with Gasteiger partial charge in [0.2, 0.25) is 0 Å². The minimum atomic E-state index is -0.950. The van der Waals surface area contributed by atoms with Crippen LogP contribution in [0.1, 0.15) is 46.4 Å². The van der Waals surface area contributed by atoms with Gasteiger partial charge < -0.3 is 9.42 Å². The lowest BCUT2D eigenvalue weighted by Crippen LogP contribution is -2.32. The average Bonchev–Trinajstić information content (AvgIpc) is 3.05. The Labute approximate surface area is 125 Å². The second-order valence-corrected chi connectivity index (χ2v) is 5.38. The molecule has 0 saturated carbocycles. The summed E-state index contributed by atoms with van der Waals surface area (Å²) in [5, 5.41) is 3.90. The molecule has 0 spiro atoms.